The third-order valence-corrected chi connectivity index (χ3v) is 4.68. The summed E-state index contributed by atoms with van der Waals surface area (Å²) >= 11 is 0. The molecule has 1 heterocycles. The second kappa shape index (κ2) is 7.56. The first-order valence-corrected chi connectivity index (χ1v) is 8.37. The van der Waals surface area contributed by atoms with Crippen molar-refractivity contribution >= 4 is 25.2 Å². The van der Waals surface area contributed by atoms with Crippen LogP contribution in [0.5, 0.6) is 0 Å². The molecular weight excluding hydrogens is 317 g/mol. The molecule has 0 amide bonds. The van der Waals surface area contributed by atoms with Crippen molar-refractivity contribution in [2.45, 2.75) is 38.9 Å². The number of hydrogen-bond donors (Lipinski definition) is 2. The zero-order valence-corrected chi connectivity index (χ0v) is 15.5. The summed E-state index contributed by atoms with van der Waals surface area (Å²) in [7, 11) is 1.42. The molecule has 6 heteroatoms. The number of carbonyl (C=O) groups is 1. The lowest BCUT2D eigenvalue weighted by Gasteiger charge is -2.32. The Morgan fingerprint density at radius 1 is 1.16 bits per heavy atom. The van der Waals surface area contributed by atoms with Crippen LogP contribution in [0, 0.1) is 0 Å². The van der Waals surface area contributed by atoms with Crippen molar-refractivity contribution < 1.29 is 19.2 Å². The predicted octanol–water partition coefficient (Wildman–Crippen LogP) is 3.02. The molecule has 0 bridgehead atoms. The van der Waals surface area contributed by atoms with Gasteiger partial charge in [0, 0.05) is 12.6 Å². The number of likely N-dealkylation sites (N-methyl/N-ethyl adjacent to an activating group) is 1. The van der Waals surface area contributed by atoms with E-state index in [1.165, 1.54) is 0 Å². The number of aliphatic carboxylic acids is 1. The van der Waals surface area contributed by atoms with Crippen LogP contribution in [0.1, 0.15) is 38.8 Å². The summed E-state index contributed by atoms with van der Waals surface area (Å²) < 4.78 is 12.3. The van der Waals surface area contributed by atoms with Gasteiger partial charge in [0.2, 0.25) is 0 Å². The normalized spacial score (nSPS) is 19.6. The maximum atomic E-state index is 10.8. The summed E-state index contributed by atoms with van der Waals surface area (Å²) in [6, 6.07) is 7.63. The van der Waals surface area contributed by atoms with Crippen LogP contribution in [-0.2, 0) is 14.1 Å². The third kappa shape index (κ3) is 4.60. The Morgan fingerprint density at radius 2 is 1.72 bits per heavy atom. The van der Waals surface area contributed by atoms with Crippen molar-refractivity contribution in [2.24, 2.45) is 0 Å². The Balaban J connectivity index is 2.37. The fraction of sp³-hybridized carbons (Fsp3) is 0.421. The van der Waals surface area contributed by atoms with E-state index < -0.39 is 24.3 Å². The molecule has 2 N–H and O–H groups in total. The van der Waals surface area contributed by atoms with Crippen LogP contribution >= 0.6 is 0 Å². The molecule has 25 heavy (non-hydrogen) atoms. The largest absolute Gasteiger partial charge is 0.491 e. The topological polar surface area (TPSA) is 67.8 Å². The van der Waals surface area contributed by atoms with Crippen molar-refractivity contribution in [3.8, 4) is 0 Å². The molecule has 1 aliphatic rings. The summed E-state index contributed by atoms with van der Waals surface area (Å²) in [5, 5.41) is 12.0. The van der Waals surface area contributed by atoms with E-state index in [-0.39, 0.29) is 0 Å². The highest BCUT2D eigenvalue weighted by atomic mass is 16.7. The average molecular weight is 343 g/mol. The minimum Gasteiger partial charge on any atom is -0.478 e. The van der Waals surface area contributed by atoms with Crippen molar-refractivity contribution in [3.63, 3.8) is 0 Å². The van der Waals surface area contributed by atoms with E-state index in [0.717, 1.165) is 22.7 Å². The van der Waals surface area contributed by atoms with Gasteiger partial charge in [0.1, 0.15) is 0 Å². The summed E-state index contributed by atoms with van der Waals surface area (Å²) in [6.45, 7) is 8.69. The van der Waals surface area contributed by atoms with Gasteiger partial charge < -0.3 is 19.7 Å². The molecular formula is C19H26BNO4. The zero-order chi connectivity index (χ0) is 18.7. The van der Waals surface area contributed by atoms with Gasteiger partial charge in [-0.05, 0) is 57.4 Å². The molecule has 0 radical (unpaired) electrons. The monoisotopic (exact) mass is 343 g/mol. The van der Waals surface area contributed by atoms with Gasteiger partial charge >= 0.3 is 13.1 Å². The standard InChI is InChI=1S/C19H26BNO4/c1-18(2)19(3,4)25-20(24-18)16(13-21-5)12-15-9-7-6-8-14(15)10-11-17(22)23/h6-12,21H,13H2,1-5H3,(H,22,23)/b11-10+,16-12?. The highest BCUT2D eigenvalue weighted by Gasteiger charge is 2.52. The van der Waals surface area contributed by atoms with Crippen LogP contribution in [0.2, 0.25) is 0 Å². The van der Waals surface area contributed by atoms with Crippen molar-refractivity contribution in [2.75, 3.05) is 13.6 Å². The molecule has 0 aliphatic carbocycles. The van der Waals surface area contributed by atoms with Crippen molar-refractivity contribution in [1.29, 1.82) is 0 Å². The quantitative estimate of drug-likeness (QED) is 0.614. The fourth-order valence-electron chi connectivity index (χ4n) is 2.56. The van der Waals surface area contributed by atoms with E-state index in [1.807, 2.05) is 65.1 Å². The number of carboxylic acids is 1. The van der Waals surface area contributed by atoms with E-state index in [4.69, 9.17) is 14.4 Å². The van der Waals surface area contributed by atoms with Crippen molar-refractivity contribution in [1.82, 2.24) is 5.32 Å². The minimum atomic E-state index is -0.972. The second-order valence-corrected chi connectivity index (χ2v) is 7.14. The first-order valence-electron chi connectivity index (χ1n) is 8.37. The van der Waals surface area contributed by atoms with E-state index in [0.29, 0.717) is 6.54 Å². The van der Waals surface area contributed by atoms with Crippen molar-refractivity contribution in [3.05, 3.63) is 46.9 Å². The van der Waals surface area contributed by atoms with Gasteiger partial charge in [0.15, 0.2) is 0 Å². The van der Waals surface area contributed by atoms with E-state index in [9.17, 15) is 4.79 Å². The van der Waals surface area contributed by atoms with E-state index >= 15 is 0 Å². The van der Waals surface area contributed by atoms with Gasteiger partial charge in [-0.2, -0.15) is 0 Å². The Labute approximate surface area is 149 Å². The lowest BCUT2D eigenvalue weighted by Crippen LogP contribution is -2.41. The molecule has 0 saturated carbocycles. The Hall–Kier alpha value is -1.89. The number of benzene rings is 1. The maximum Gasteiger partial charge on any atom is 0.491 e. The SMILES string of the molecule is CNCC(=Cc1ccccc1/C=C/C(=O)O)B1OC(C)(C)C(C)(C)O1. The molecule has 0 unspecified atom stereocenters. The van der Waals surface area contributed by atoms with Crippen LogP contribution in [0.4, 0.5) is 0 Å². The molecule has 1 aromatic carbocycles. The van der Waals surface area contributed by atoms with E-state index in [1.54, 1.807) is 6.08 Å². The van der Waals surface area contributed by atoms with E-state index in [2.05, 4.69) is 5.32 Å². The first-order chi connectivity index (χ1) is 11.7. The van der Waals surface area contributed by atoms with Gasteiger partial charge in [-0.1, -0.05) is 30.3 Å². The van der Waals surface area contributed by atoms with Crippen LogP contribution in [0.15, 0.2) is 35.8 Å². The van der Waals surface area contributed by atoms with Gasteiger partial charge in [0.05, 0.1) is 11.2 Å². The Bertz CT molecular complexity index is 678. The summed E-state index contributed by atoms with van der Waals surface area (Å²) in [5.74, 6) is -0.972. The highest BCUT2D eigenvalue weighted by molar-refractivity contribution is 6.56. The lowest BCUT2D eigenvalue weighted by atomic mass is 9.76. The second-order valence-electron chi connectivity index (χ2n) is 7.14. The number of nitrogens with one attached hydrogen (secondary N) is 1. The summed E-state index contributed by atoms with van der Waals surface area (Å²) in [6.07, 6.45) is 4.73. The van der Waals surface area contributed by atoms with Gasteiger partial charge in [-0.3, -0.25) is 0 Å². The Morgan fingerprint density at radius 3 is 2.24 bits per heavy atom. The fourth-order valence-corrected chi connectivity index (χ4v) is 2.56. The minimum absolute atomic E-state index is 0.409. The highest BCUT2D eigenvalue weighted by Crippen LogP contribution is 2.38. The molecule has 1 aromatic rings. The number of hydrogen-bond acceptors (Lipinski definition) is 4. The molecule has 1 aliphatic heterocycles. The van der Waals surface area contributed by atoms with Gasteiger partial charge in [-0.25, -0.2) is 4.79 Å². The van der Waals surface area contributed by atoms with Gasteiger partial charge in [-0.15, -0.1) is 0 Å². The summed E-state index contributed by atoms with van der Waals surface area (Å²) in [5.41, 5.74) is 1.88. The first kappa shape index (κ1) is 19.4. The van der Waals surface area contributed by atoms with Crippen LogP contribution < -0.4 is 5.32 Å². The number of rotatable bonds is 6. The molecule has 1 saturated heterocycles. The maximum absolute atomic E-state index is 10.8. The predicted molar refractivity (Wildman–Crippen MR) is 101 cm³/mol. The van der Waals surface area contributed by atoms with Gasteiger partial charge in [0.25, 0.3) is 0 Å². The molecule has 2 rings (SSSR count). The number of carboxylic acid groups (broad SMARTS) is 1. The molecule has 0 aromatic heterocycles. The molecule has 1 fully saturated rings. The molecule has 0 atom stereocenters. The van der Waals surface area contributed by atoms with Crippen LogP contribution in [0.25, 0.3) is 12.2 Å². The Kier molecular flexibility index (Phi) is 5.88. The summed E-state index contributed by atoms with van der Waals surface area (Å²) in [4.78, 5) is 10.8. The smallest absolute Gasteiger partial charge is 0.478 e. The molecule has 0 spiro atoms. The third-order valence-electron chi connectivity index (χ3n) is 4.68. The zero-order valence-electron chi connectivity index (χ0n) is 15.5. The molecule has 134 valence electrons. The molecule has 5 nitrogen and oxygen atoms in total. The lowest BCUT2D eigenvalue weighted by molar-refractivity contribution is -0.131. The van der Waals surface area contributed by atoms with Crippen LogP contribution in [-0.4, -0.2) is 43.0 Å². The van der Waals surface area contributed by atoms with Crippen LogP contribution in [0.3, 0.4) is 0 Å². The average Bonchev–Trinajstić information content (AvgIpc) is 2.74.